The van der Waals surface area contributed by atoms with Crippen molar-refractivity contribution in [2.24, 2.45) is 11.3 Å². The van der Waals surface area contributed by atoms with E-state index in [2.05, 4.69) is 6.92 Å². The molecule has 0 amide bonds. The maximum atomic E-state index is 11.7. The second kappa shape index (κ2) is 6.74. The molecule has 3 heteroatoms. The third kappa shape index (κ3) is 3.71. The molecule has 3 nitrogen and oxygen atoms in total. The average molecular weight is 268 g/mol. The fourth-order valence-electron chi connectivity index (χ4n) is 3.76. The normalized spacial score (nSPS) is 35.4. The van der Waals surface area contributed by atoms with E-state index in [0.29, 0.717) is 0 Å². The van der Waals surface area contributed by atoms with Gasteiger partial charge in [0.1, 0.15) is 0 Å². The zero-order valence-corrected chi connectivity index (χ0v) is 12.2. The van der Waals surface area contributed by atoms with Crippen molar-refractivity contribution in [2.45, 2.75) is 77.2 Å². The summed E-state index contributed by atoms with van der Waals surface area (Å²) in [6.45, 7) is 3.04. The Morgan fingerprint density at radius 2 is 2.05 bits per heavy atom. The smallest absolute Gasteiger partial charge is 0.309 e. The number of ether oxygens (including phenoxy) is 1. The van der Waals surface area contributed by atoms with Crippen LogP contribution in [-0.4, -0.2) is 23.8 Å². The highest BCUT2D eigenvalue weighted by Gasteiger charge is 2.43. The molecule has 1 unspecified atom stereocenters. The molecule has 110 valence electrons. The lowest BCUT2D eigenvalue weighted by molar-refractivity contribution is -0.154. The Balaban J connectivity index is 1.89. The van der Waals surface area contributed by atoms with Crippen LogP contribution >= 0.6 is 0 Å². The average Bonchev–Trinajstić information content (AvgIpc) is 2.90. The third-order valence-electron chi connectivity index (χ3n) is 5.12. The predicted octanol–water partition coefficient (Wildman–Crippen LogP) is 4.01. The summed E-state index contributed by atoms with van der Waals surface area (Å²) in [5.41, 5.74) is -0.488. The molecule has 2 fully saturated rings. The zero-order valence-electron chi connectivity index (χ0n) is 12.2. The van der Waals surface area contributed by atoms with Gasteiger partial charge in [0.25, 0.3) is 0 Å². The van der Waals surface area contributed by atoms with Gasteiger partial charge in [-0.1, -0.05) is 26.2 Å². The van der Waals surface area contributed by atoms with E-state index in [4.69, 9.17) is 4.74 Å². The van der Waals surface area contributed by atoms with Gasteiger partial charge in [-0.25, -0.2) is 0 Å². The molecular formula is C16H28O3. The van der Waals surface area contributed by atoms with Gasteiger partial charge in [-0.05, 0) is 50.9 Å². The third-order valence-corrected chi connectivity index (χ3v) is 5.12. The SMILES string of the molecule is CCCCC1CCC(CC2CCCO2)(C(=O)O)CC1. The molecule has 1 N–H and O–H groups in total. The number of hydrogen-bond acceptors (Lipinski definition) is 2. The quantitative estimate of drug-likeness (QED) is 0.791. The number of unbranched alkanes of at least 4 members (excludes halogenated alkanes) is 1. The highest BCUT2D eigenvalue weighted by molar-refractivity contribution is 5.74. The maximum Gasteiger partial charge on any atom is 0.309 e. The first-order chi connectivity index (χ1) is 9.16. The minimum Gasteiger partial charge on any atom is -0.481 e. The van der Waals surface area contributed by atoms with Crippen LogP contribution in [0.1, 0.15) is 71.1 Å². The summed E-state index contributed by atoms with van der Waals surface area (Å²) in [4.78, 5) is 11.7. The summed E-state index contributed by atoms with van der Waals surface area (Å²) in [5, 5.41) is 9.66. The molecule has 0 radical (unpaired) electrons. The Bertz CT molecular complexity index is 286. The van der Waals surface area contributed by atoms with Crippen LogP contribution in [0.5, 0.6) is 0 Å². The summed E-state index contributed by atoms with van der Waals surface area (Å²) in [6, 6.07) is 0. The standard InChI is InChI=1S/C16H28O3/c1-2-3-5-13-7-9-16(10-8-13,15(17)18)12-14-6-4-11-19-14/h13-14H,2-12H2,1H3,(H,17,18). The van der Waals surface area contributed by atoms with E-state index in [0.717, 1.165) is 57.5 Å². The summed E-state index contributed by atoms with van der Waals surface area (Å²) in [7, 11) is 0. The van der Waals surface area contributed by atoms with Crippen LogP contribution < -0.4 is 0 Å². The largest absolute Gasteiger partial charge is 0.481 e. The van der Waals surface area contributed by atoms with Crippen LogP contribution in [0.4, 0.5) is 0 Å². The minimum absolute atomic E-state index is 0.197. The Morgan fingerprint density at radius 3 is 2.58 bits per heavy atom. The van der Waals surface area contributed by atoms with Crippen molar-refractivity contribution in [3.8, 4) is 0 Å². The van der Waals surface area contributed by atoms with E-state index in [1.165, 1.54) is 19.3 Å². The van der Waals surface area contributed by atoms with E-state index in [-0.39, 0.29) is 6.10 Å². The van der Waals surface area contributed by atoms with E-state index >= 15 is 0 Å². The summed E-state index contributed by atoms with van der Waals surface area (Å²) < 4.78 is 5.66. The van der Waals surface area contributed by atoms with Gasteiger partial charge >= 0.3 is 5.97 Å². The number of rotatable bonds is 6. The summed E-state index contributed by atoms with van der Waals surface area (Å²) >= 11 is 0. The minimum atomic E-state index is -0.586. The Labute approximate surface area is 116 Å². The van der Waals surface area contributed by atoms with E-state index < -0.39 is 11.4 Å². The molecule has 0 spiro atoms. The van der Waals surface area contributed by atoms with Crippen molar-refractivity contribution in [3.63, 3.8) is 0 Å². The lowest BCUT2D eigenvalue weighted by atomic mass is 9.66. The molecule has 2 aliphatic rings. The van der Waals surface area contributed by atoms with Crippen LogP contribution in [0, 0.1) is 11.3 Å². The molecule has 1 atom stereocenters. The molecule has 0 bridgehead atoms. The lowest BCUT2D eigenvalue weighted by Crippen LogP contribution is -2.38. The van der Waals surface area contributed by atoms with Gasteiger partial charge in [-0.3, -0.25) is 4.79 Å². The Kier molecular flexibility index (Phi) is 5.26. The van der Waals surface area contributed by atoms with Crippen molar-refractivity contribution >= 4 is 5.97 Å². The van der Waals surface area contributed by atoms with Crippen LogP contribution in [0.2, 0.25) is 0 Å². The number of aliphatic carboxylic acids is 1. The van der Waals surface area contributed by atoms with Gasteiger partial charge < -0.3 is 9.84 Å². The van der Waals surface area contributed by atoms with Crippen LogP contribution in [0.15, 0.2) is 0 Å². The van der Waals surface area contributed by atoms with E-state index in [1.54, 1.807) is 0 Å². The molecule has 0 aromatic rings. The molecule has 0 aromatic carbocycles. The molecule has 1 aliphatic carbocycles. The Hall–Kier alpha value is -0.570. The molecule has 1 saturated heterocycles. The molecule has 1 saturated carbocycles. The molecule has 1 aliphatic heterocycles. The highest BCUT2D eigenvalue weighted by Crippen LogP contribution is 2.45. The van der Waals surface area contributed by atoms with Crippen molar-refractivity contribution < 1.29 is 14.6 Å². The first-order valence-corrected chi connectivity index (χ1v) is 8.01. The number of carboxylic acid groups (broad SMARTS) is 1. The van der Waals surface area contributed by atoms with Crippen molar-refractivity contribution in [3.05, 3.63) is 0 Å². The first kappa shape index (κ1) is 14.8. The fraction of sp³-hybridized carbons (Fsp3) is 0.938. The maximum absolute atomic E-state index is 11.7. The molecular weight excluding hydrogens is 240 g/mol. The second-order valence-corrected chi connectivity index (χ2v) is 6.51. The second-order valence-electron chi connectivity index (χ2n) is 6.51. The highest BCUT2D eigenvalue weighted by atomic mass is 16.5. The van der Waals surface area contributed by atoms with Crippen molar-refractivity contribution in [1.82, 2.24) is 0 Å². The van der Waals surface area contributed by atoms with Gasteiger partial charge in [0.2, 0.25) is 0 Å². The van der Waals surface area contributed by atoms with E-state index in [1.807, 2.05) is 0 Å². The van der Waals surface area contributed by atoms with E-state index in [9.17, 15) is 9.90 Å². The summed E-state index contributed by atoms with van der Waals surface area (Å²) in [6.07, 6.45) is 10.8. The monoisotopic (exact) mass is 268 g/mol. The van der Waals surface area contributed by atoms with Gasteiger partial charge in [-0.2, -0.15) is 0 Å². The summed E-state index contributed by atoms with van der Waals surface area (Å²) in [5.74, 6) is 0.175. The number of carbonyl (C=O) groups is 1. The van der Waals surface area contributed by atoms with Gasteiger partial charge in [0.15, 0.2) is 0 Å². The first-order valence-electron chi connectivity index (χ1n) is 8.01. The van der Waals surface area contributed by atoms with Crippen LogP contribution in [0.3, 0.4) is 0 Å². The van der Waals surface area contributed by atoms with Crippen molar-refractivity contribution in [2.75, 3.05) is 6.61 Å². The Morgan fingerprint density at radius 1 is 1.32 bits per heavy atom. The number of carboxylic acids is 1. The fourth-order valence-corrected chi connectivity index (χ4v) is 3.76. The van der Waals surface area contributed by atoms with Gasteiger partial charge in [0.05, 0.1) is 11.5 Å². The predicted molar refractivity (Wildman–Crippen MR) is 75.1 cm³/mol. The van der Waals surface area contributed by atoms with Crippen LogP contribution in [-0.2, 0) is 9.53 Å². The zero-order chi connectivity index (χ0) is 13.7. The number of hydrogen-bond donors (Lipinski definition) is 1. The van der Waals surface area contributed by atoms with Gasteiger partial charge in [0, 0.05) is 6.61 Å². The lowest BCUT2D eigenvalue weighted by Gasteiger charge is -2.38. The van der Waals surface area contributed by atoms with Gasteiger partial charge in [-0.15, -0.1) is 0 Å². The topological polar surface area (TPSA) is 46.5 Å². The molecule has 1 heterocycles. The molecule has 0 aromatic heterocycles. The molecule has 19 heavy (non-hydrogen) atoms. The van der Waals surface area contributed by atoms with Crippen molar-refractivity contribution in [1.29, 1.82) is 0 Å². The van der Waals surface area contributed by atoms with Crippen LogP contribution in [0.25, 0.3) is 0 Å². The molecule has 2 rings (SSSR count).